The van der Waals surface area contributed by atoms with E-state index in [2.05, 4.69) is 9.71 Å². The molecule has 1 aromatic rings. The van der Waals surface area contributed by atoms with Crippen LogP contribution >= 0.6 is 0 Å². The van der Waals surface area contributed by atoms with Crippen molar-refractivity contribution >= 4 is 15.9 Å². The minimum absolute atomic E-state index is 0.0211. The van der Waals surface area contributed by atoms with Gasteiger partial charge in [0.25, 0.3) is 10.0 Å². The highest BCUT2D eigenvalue weighted by molar-refractivity contribution is 7.90. The number of hydrogen-bond acceptors (Lipinski definition) is 5. The molecule has 18 heavy (non-hydrogen) atoms. The second-order valence-corrected chi connectivity index (χ2v) is 5.00. The third-order valence-electron chi connectivity index (χ3n) is 2.34. The molecule has 0 spiro atoms. The van der Waals surface area contributed by atoms with Gasteiger partial charge in [0.1, 0.15) is 28.8 Å². The van der Waals surface area contributed by atoms with E-state index >= 15 is 0 Å². The van der Waals surface area contributed by atoms with E-state index in [-0.39, 0.29) is 23.7 Å². The van der Waals surface area contributed by atoms with Crippen molar-refractivity contribution in [1.82, 2.24) is 4.72 Å². The van der Waals surface area contributed by atoms with E-state index in [0.29, 0.717) is 0 Å². The van der Waals surface area contributed by atoms with E-state index in [0.717, 1.165) is 6.07 Å². The van der Waals surface area contributed by atoms with Gasteiger partial charge in [0.05, 0.1) is 18.7 Å². The molecule has 0 fully saturated rings. The van der Waals surface area contributed by atoms with Gasteiger partial charge in [-0.15, -0.1) is 0 Å². The number of sulfonamides is 1. The van der Waals surface area contributed by atoms with Gasteiger partial charge in [0.2, 0.25) is 0 Å². The van der Waals surface area contributed by atoms with Gasteiger partial charge in [-0.05, 0) is 12.1 Å². The number of fused-ring (bicyclic) bond motifs is 1. The van der Waals surface area contributed by atoms with Crippen molar-refractivity contribution < 1.29 is 17.5 Å². The molecule has 0 aliphatic carbocycles. The number of ether oxygens (including phenoxy) is 1. The van der Waals surface area contributed by atoms with Gasteiger partial charge >= 0.3 is 0 Å². The standard InChI is InChI=1S/C10H8FN3O3S/c1-17-7-3-2-6(11)9-8(7)10(13-5-4-12)14-18(9,15)16/h2-3H,5H2,1H3,(H,13,14). The Bertz CT molecular complexity index is 676. The zero-order valence-electron chi connectivity index (χ0n) is 9.27. The first-order valence-electron chi connectivity index (χ1n) is 4.82. The minimum Gasteiger partial charge on any atom is -0.496 e. The number of nitriles is 1. The van der Waals surface area contributed by atoms with Crippen molar-refractivity contribution in [3.05, 3.63) is 23.5 Å². The Labute approximate surface area is 103 Å². The third-order valence-corrected chi connectivity index (χ3v) is 3.73. The van der Waals surface area contributed by atoms with E-state index < -0.39 is 20.7 Å². The molecule has 0 unspecified atom stereocenters. The van der Waals surface area contributed by atoms with Gasteiger partial charge < -0.3 is 4.74 Å². The summed E-state index contributed by atoms with van der Waals surface area (Å²) in [6.07, 6.45) is 0. The van der Waals surface area contributed by atoms with Crippen LogP contribution in [-0.2, 0) is 10.0 Å². The molecule has 0 saturated carbocycles. The molecule has 1 aliphatic rings. The molecule has 0 atom stereocenters. The summed E-state index contributed by atoms with van der Waals surface area (Å²) < 4.78 is 44.2. The second-order valence-electron chi connectivity index (χ2n) is 3.38. The fourth-order valence-electron chi connectivity index (χ4n) is 1.65. The summed E-state index contributed by atoms with van der Waals surface area (Å²) >= 11 is 0. The maximum atomic E-state index is 13.6. The van der Waals surface area contributed by atoms with Gasteiger partial charge in [-0.2, -0.15) is 5.26 Å². The van der Waals surface area contributed by atoms with Crippen molar-refractivity contribution in [3.8, 4) is 11.8 Å². The Kier molecular flexibility index (Phi) is 2.92. The number of benzene rings is 1. The Hall–Kier alpha value is -2.14. The summed E-state index contributed by atoms with van der Waals surface area (Å²) in [5.41, 5.74) is 0.0211. The predicted molar refractivity (Wildman–Crippen MR) is 60.3 cm³/mol. The fraction of sp³-hybridized carbons (Fsp3) is 0.200. The SMILES string of the molecule is COc1ccc(F)c2c1C(=NCC#N)NS2(=O)=O. The van der Waals surface area contributed by atoms with Gasteiger partial charge in [-0.25, -0.2) is 12.8 Å². The van der Waals surface area contributed by atoms with E-state index in [1.807, 2.05) is 0 Å². The normalized spacial score (nSPS) is 17.9. The zero-order chi connectivity index (χ0) is 13.3. The molecule has 1 N–H and O–H groups in total. The quantitative estimate of drug-likeness (QED) is 0.786. The molecule has 94 valence electrons. The van der Waals surface area contributed by atoms with Gasteiger partial charge in [0.15, 0.2) is 0 Å². The number of methoxy groups -OCH3 is 1. The predicted octanol–water partition coefficient (Wildman–Crippen LogP) is 0.396. The van der Waals surface area contributed by atoms with Crippen molar-refractivity contribution in [1.29, 1.82) is 5.26 Å². The molecule has 0 aromatic heterocycles. The maximum absolute atomic E-state index is 13.6. The van der Waals surface area contributed by atoms with Gasteiger partial charge in [-0.1, -0.05) is 0 Å². The first-order valence-corrected chi connectivity index (χ1v) is 6.30. The zero-order valence-corrected chi connectivity index (χ0v) is 10.1. The van der Waals surface area contributed by atoms with Gasteiger partial charge in [0, 0.05) is 0 Å². The van der Waals surface area contributed by atoms with Crippen LogP contribution in [0.15, 0.2) is 22.0 Å². The number of amidine groups is 1. The first-order chi connectivity index (χ1) is 8.51. The lowest BCUT2D eigenvalue weighted by Crippen LogP contribution is -2.22. The third kappa shape index (κ3) is 1.78. The van der Waals surface area contributed by atoms with E-state index in [9.17, 15) is 12.8 Å². The second kappa shape index (κ2) is 4.27. The van der Waals surface area contributed by atoms with Crippen molar-refractivity contribution in [2.45, 2.75) is 4.90 Å². The first kappa shape index (κ1) is 12.3. The van der Waals surface area contributed by atoms with Crippen LogP contribution < -0.4 is 9.46 Å². The Morgan fingerprint density at radius 3 is 2.89 bits per heavy atom. The molecule has 0 amide bonds. The molecule has 0 saturated heterocycles. The lowest BCUT2D eigenvalue weighted by Gasteiger charge is -2.05. The van der Waals surface area contributed by atoms with Crippen LogP contribution in [0.5, 0.6) is 5.75 Å². The van der Waals surface area contributed by atoms with Crippen molar-refractivity contribution in [3.63, 3.8) is 0 Å². The summed E-state index contributed by atoms with van der Waals surface area (Å²) in [5.74, 6) is -0.792. The Morgan fingerprint density at radius 2 is 2.28 bits per heavy atom. The molecule has 2 rings (SSSR count). The van der Waals surface area contributed by atoms with Crippen LogP contribution in [-0.4, -0.2) is 27.9 Å². The van der Waals surface area contributed by atoms with Crippen LogP contribution in [0.2, 0.25) is 0 Å². The van der Waals surface area contributed by atoms with E-state index in [1.165, 1.54) is 13.2 Å². The molecule has 0 bridgehead atoms. The highest BCUT2D eigenvalue weighted by Gasteiger charge is 2.36. The minimum atomic E-state index is -3.99. The smallest absolute Gasteiger partial charge is 0.266 e. The van der Waals surface area contributed by atoms with Crippen LogP contribution in [0.4, 0.5) is 4.39 Å². The topological polar surface area (TPSA) is 91.5 Å². The molecule has 6 nitrogen and oxygen atoms in total. The Morgan fingerprint density at radius 1 is 1.56 bits per heavy atom. The lowest BCUT2D eigenvalue weighted by atomic mass is 10.1. The average molecular weight is 269 g/mol. The number of nitrogens with one attached hydrogen (secondary N) is 1. The fourth-order valence-corrected chi connectivity index (χ4v) is 2.97. The van der Waals surface area contributed by atoms with Crippen LogP contribution in [0.3, 0.4) is 0 Å². The number of nitrogens with zero attached hydrogens (tertiary/aromatic N) is 2. The van der Waals surface area contributed by atoms with E-state index in [1.54, 1.807) is 6.07 Å². The molecule has 8 heteroatoms. The molecule has 0 radical (unpaired) electrons. The van der Waals surface area contributed by atoms with Crippen LogP contribution in [0.1, 0.15) is 5.56 Å². The largest absolute Gasteiger partial charge is 0.496 e. The molecule has 1 aromatic carbocycles. The van der Waals surface area contributed by atoms with Crippen LogP contribution in [0.25, 0.3) is 0 Å². The summed E-state index contributed by atoms with van der Waals surface area (Å²) in [7, 11) is -2.66. The van der Waals surface area contributed by atoms with Crippen LogP contribution in [0, 0.1) is 17.1 Å². The lowest BCUT2D eigenvalue weighted by molar-refractivity contribution is 0.410. The summed E-state index contributed by atoms with van der Waals surface area (Å²) in [6.45, 7) is -0.239. The highest BCUT2D eigenvalue weighted by atomic mass is 32.2. The molecule has 1 heterocycles. The number of hydrogen-bond donors (Lipinski definition) is 1. The highest BCUT2D eigenvalue weighted by Crippen LogP contribution is 2.33. The number of aliphatic imine (C=N–C) groups is 1. The summed E-state index contributed by atoms with van der Waals surface area (Å²) in [6, 6.07) is 4.06. The number of rotatable bonds is 2. The summed E-state index contributed by atoms with van der Waals surface area (Å²) in [5, 5.41) is 8.45. The number of halogens is 1. The monoisotopic (exact) mass is 269 g/mol. The maximum Gasteiger partial charge on any atom is 0.266 e. The molecular weight excluding hydrogens is 261 g/mol. The molecular formula is C10H8FN3O3S. The van der Waals surface area contributed by atoms with Crippen molar-refractivity contribution in [2.24, 2.45) is 4.99 Å². The molecule has 1 aliphatic heterocycles. The summed E-state index contributed by atoms with van der Waals surface area (Å²) in [4.78, 5) is 3.25. The van der Waals surface area contributed by atoms with Gasteiger partial charge in [-0.3, -0.25) is 9.71 Å². The van der Waals surface area contributed by atoms with Crippen molar-refractivity contribution in [2.75, 3.05) is 13.7 Å². The Balaban J connectivity index is 2.76. The average Bonchev–Trinajstić information content (AvgIpc) is 2.60. The van der Waals surface area contributed by atoms with E-state index in [4.69, 9.17) is 10.00 Å².